The molecule has 3 rings (SSSR count). The van der Waals surface area contributed by atoms with Gasteiger partial charge in [-0.3, -0.25) is 9.88 Å². The monoisotopic (exact) mass is 394 g/mol. The Labute approximate surface area is 163 Å². The molecule has 0 amide bonds. The molecule has 0 saturated carbocycles. The maximum Gasteiger partial charge on any atom is 0.149 e. The van der Waals surface area contributed by atoms with Gasteiger partial charge in [0, 0.05) is 49.8 Å². The number of ether oxygens (including phenoxy) is 1. The molecule has 3 heterocycles. The van der Waals surface area contributed by atoms with Crippen molar-refractivity contribution in [2.45, 2.75) is 26.0 Å². The Kier molecular flexibility index (Phi) is 6.95. The molecule has 146 valence electrons. The molecule has 0 radical (unpaired) electrons. The third-order valence-corrected chi connectivity index (χ3v) is 4.62. The summed E-state index contributed by atoms with van der Waals surface area (Å²) in [7, 11) is 0. The van der Waals surface area contributed by atoms with Crippen LogP contribution in [0, 0.1) is 5.82 Å². The lowest BCUT2D eigenvalue weighted by molar-refractivity contribution is 0.0341. The molecule has 1 saturated heterocycles. The van der Waals surface area contributed by atoms with Crippen molar-refractivity contribution in [1.82, 2.24) is 14.9 Å². The number of aromatic nitrogens is 2. The van der Waals surface area contributed by atoms with Crippen molar-refractivity contribution >= 4 is 17.3 Å². The van der Waals surface area contributed by atoms with Crippen LogP contribution in [0.25, 0.3) is 11.3 Å². The van der Waals surface area contributed by atoms with Crippen molar-refractivity contribution in [1.29, 1.82) is 0 Å². The molecule has 0 aliphatic carbocycles. The number of pyridine rings is 2. The molecule has 0 bridgehead atoms. The minimum absolute atomic E-state index is 0.226. The standard InChI is InChI=1S/C19H24ClFN4O2/c1-13(26)2-3-22-17-9-18(20)23-11-15(17)19-16(21)8-14(10-24-19)12-25-4-6-27-7-5-25/h8-11,13,26H,2-7,12H2,1H3,(H,22,23)/t13-/m1/s1. The van der Waals surface area contributed by atoms with Crippen molar-refractivity contribution in [3.63, 3.8) is 0 Å². The number of aliphatic hydroxyl groups is 1. The van der Waals surface area contributed by atoms with Crippen LogP contribution < -0.4 is 5.32 Å². The van der Waals surface area contributed by atoms with Crippen LogP contribution in [0.3, 0.4) is 0 Å². The maximum absolute atomic E-state index is 14.8. The van der Waals surface area contributed by atoms with E-state index >= 15 is 0 Å². The number of rotatable bonds is 7. The molecule has 1 aliphatic rings. The molecule has 1 fully saturated rings. The largest absolute Gasteiger partial charge is 0.393 e. The summed E-state index contributed by atoms with van der Waals surface area (Å²) in [5, 5.41) is 12.9. The minimum atomic E-state index is -0.424. The summed E-state index contributed by atoms with van der Waals surface area (Å²) in [6.45, 7) is 5.96. The van der Waals surface area contributed by atoms with Gasteiger partial charge in [-0.25, -0.2) is 9.37 Å². The first-order valence-corrected chi connectivity index (χ1v) is 9.43. The van der Waals surface area contributed by atoms with Crippen LogP contribution in [0.15, 0.2) is 24.5 Å². The van der Waals surface area contributed by atoms with Gasteiger partial charge in [0.15, 0.2) is 0 Å². The quantitative estimate of drug-likeness (QED) is 0.703. The van der Waals surface area contributed by atoms with Gasteiger partial charge >= 0.3 is 0 Å². The van der Waals surface area contributed by atoms with E-state index in [1.807, 2.05) is 0 Å². The first-order valence-electron chi connectivity index (χ1n) is 9.05. The van der Waals surface area contributed by atoms with Gasteiger partial charge in [-0.05, 0) is 31.0 Å². The van der Waals surface area contributed by atoms with Crippen molar-refractivity contribution in [2.24, 2.45) is 0 Å². The van der Waals surface area contributed by atoms with Crippen molar-refractivity contribution < 1.29 is 14.2 Å². The molecule has 1 atom stereocenters. The Balaban J connectivity index is 1.78. The lowest BCUT2D eigenvalue weighted by Crippen LogP contribution is -2.35. The van der Waals surface area contributed by atoms with Crippen LogP contribution in [-0.4, -0.2) is 58.9 Å². The number of morpholine rings is 1. The number of hydrogen-bond donors (Lipinski definition) is 2. The Morgan fingerprint density at radius 3 is 2.78 bits per heavy atom. The fraction of sp³-hybridized carbons (Fsp3) is 0.474. The lowest BCUT2D eigenvalue weighted by Gasteiger charge is -2.26. The zero-order chi connectivity index (χ0) is 19.2. The molecule has 6 nitrogen and oxygen atoms in total. The van der Waals surface area contributed by atoms with Gasteiger partial charge in [0.1, 0.15) is 16.7 Å². The van der Waals surface area contributed by atoms with E-state index < -0.39 is 11.9 Å². The van der Waals surface area contributed by atoms with Crippen LogP contribution in [0.4, 0.5) is 10.1 Å². The highest BCUT2D eigenvalue weighted by Gasteiger charge is 2.16. The molecule has 8 heteroatoms. The summed E-state index contributed by atoms with van der Waals surface area (Å²) >= 11 is 5.99. The Morgan fingerprint density at radius 2 is 2.07 bits per heavy atom. The highest BCUT2D eigenvalue weighted by molar-refractivity contribution is 6.29. The van der Waals surface area contributed by atoms with Gasteiger partial charge in [-0.15, -0.1) is 0 Å². The summed E-state index contributed by atoms with van der Waals surface area (Å²) in [6.07, 6.45) is 3.35. The Morgan fingerprint density at radius 1 is 1.30 bits per heavy atom. The summed E-state index contributed by atoms with van der Waals surface area (Å²) in [6, 6.07) is 3.16. The average Bonchev–Trinajstić information content (AvgIpc) is 2.63. The maximum atomic E-state index is 14.8. The third-order valence-electron chi connectivity index (χ3n) is 4.41. The third kappa shape index (κ3) is 5.59. The van der Waals surface area contributed by atoms with Gasteiger partial charge in [0.2, 0.25) is 0 Å². The SMILES string of the molecule is C[C@@H](O)CCNc1cc(Cl)ncc1-c1ncc(CN2CCOCC2)cc1F. The Hall–Kier alpha value is -1.80. The lowest BCUT2D eigenvalue weighted by atomic mass is 10.1. The highest BCUT2D eigenvalue weighted by atomic mass is 35.5. The van der Waals surface area contributed by atoms with Crippen molar-refractivity contribution in [3.05, 3.63) is 41.1 Å². The summed E-state index contributed by atoms with van der Waals surface area (Å²) in [4.78, 5) is 10.6. The predicted molar refractivity (Wildman–Crippen MR) is 103 cm³/mol. The van der Waals surface area contributed by atoms with Gasteiger partial charge in [0.25, 0.3) is 0 Å². The molecule has 0 spiro atoms. The molecule has 27 heavy (non-hydrogen) atoms. The van der Waals surface area contributed by atoms with Gasteiger partial charge < -0.3 is 15.2 Å². The topological polar surface area (TPSA) is 70.5 Å². The number of halogens is 2. The molecule has 2 aromatic heterocycles. The van der Waals surface area contributed by atoms with E-state index in [9.17, 15) is 9.50 Å². The molecule has 2 aromatic rings. The molecular formula is C19H24ClFN4O2. The van der Waals surface area contributed by atoms with Crippen LogP contribution in [0.1, 0.15) is 18.9 Å². The zero-order valence-corrected chi connectivity index (χ0v) is 16.0. The minimum Gasteiger partial charge on any atom is -0.393 e. The first kappa shape index (κ1) is 19.9. The highest BCUT2D eigenvalue weighted by Crippen LogP contribution is 2.30. The predicted octanol–water partition coefficient (Wildman–Crippen LogP) is 2.95. The molecule has 1 aliphatic heterocycles. The van der Waals surface area contributed by atoms with Gasteiger partial charge in [-0.2, -0.15) is 0 Å². The fourth-order valence-corrected chi connectivity index (χ4v) is 3.12. The van der Waals surface area contributed by atoms with Crippen molar-refractivity contribution in [2.75, 3.05) is 38.2 Å². The first-order chi connectivity index (χ1) is 13.0. The van der Waals surface area contributed by atoms with Crippen LogP contribution in [0.5, 0.6) is 0 Å². The number of hydrogen-bond acceptors (Lipinski definition) is 6. The van der Waals surface area contributed by atoms with Gasteiger partial charge in [-0.1, -0.05) is 11.6 Å². The molecule has 0 unspecified atom stereocenters. The summed E-state index contributed by atoms with van der Waals surface area (Å²) < 4.78 is 20.1. The van der Waals surface area contributed by atoms with E-state index in [1.54, 1.807) is 19.2 Å². The number of aliphatic hydroxyl groups excluding tert-OH is 1. The second kappa shape index (κ2) is 9.41. The molecule has 2 N–H and O–H groups in total. The van der Waals surface area contributed by atoms with Crippen LogP contribution >= 0.6 is 11.6 Å². The number of anilines is 1. The number of nitrogens with one attached hydrogen (secondary N) is 1. The van der Waals surface area contributed by atoms with E-state index in [4.69, 9.17) is 16.3 Å². The van der Waals surface area contributed by atoms with E-state index in [-0.39, 0.29) is 5.69 Å². The average molecular weight is 395 g/mol. The Bertz CT molecular complexity index is 769. The van der Waals surface area contributed by atoms with E-state index in [0.717, 1.165) is 18.7 Å². The number of nitrogens with zero attached hydrogens (tertiary/aromatic N) is 3. The fourth-order valence-electron chi connectivity index (χ4n) is 2.96. The second-order valence-electron chi connectivity index (χ2n) is 6.68. The van der Waals surface area contributed by atoms with E-state index in [2.05, 4.69) is 20.2 Å². The smallest absolute Gasteiger partial charge is 0.149 e. The second-order valence-corrected chi connectivity index (χ2v) is 7.07. The van der Waals surface area contributed by atoms with E-state index in [0.29, 0.717) is 49.1 Å². The van der Waals surface area contributed by atoms with Crippen molar-refractivity contribution in [3.8, 4) is 11.3 Å². The normalized spacial score (nSPS) is 16.3. The van der Waals surface area contributed by atoms with Crippen LogP contribution in [-0.2, 0) is 11.3 Å². The zero-order valence-electron chi connectivity index (χ0n) is 15.3. The molecule has 0 aromatic carbocycles. The summed E-state index contributed by atoms with van der Waals surface area (Å²) in [5.41, 5.74) is 2.23. The van der Waals surface area contributed by atoms with E-state index in [1.165, 1.54) is 12.3 Å². The van der Waals surface area contributed by atoms with Gasteiger partial charge in [0.05, 0.1) is 19.3 Å². The summed E-state index contributed by atoms with van der Waals surface area (Å²) in [5.74, 6) is -0.400. The van der Waals surface area contributed by atoms with Crippen LogP contribution in [0.2, 0.25) is 5.15 Å². The molecular weight excluding hydrogens is 371 g/mol.